The molecular weight excluding hydrogens is 236 g/mol. The second-order valence-corrected chi connectivity index (χ2v) is 4.92. The van der Waals surface area contributed by atoms with Crippen molar-refractivity contribution in [3.8, 4) is 0 Å². The number of carbonyl (C=O) groups excluding carboxylic acids is 1. The summed E-state index contributed by atoms with van der Waals surface area (Å²) in [6.07, 6.45) is 1.10. The van der Waals surface area contributed by atoms with Gasteiger partial charge in [-0.05, 0) is 19.8 Å². The summed E-state index contributed by atoms with van der Waals surface area (Å²) in [5.41, 5.74) is 2.06. The maximum absolute atomic E-state index is 11.6. The zero-order valence-corrected chi connectivity index (χ0v) is 11.6. The molecule has 2 unspecified atom stereocenters. The van der Waals surface area contributed by atoms with E-state index in [0.717, 1.165) is 11.4 Å². The number of thiazole rings is 1. The molecule has 0 aliphatic heterocycles. The molecule has 0 saturated heterocycles. The predicted molar refractivity (Wildman–Crippen MR) is 70.6 cm³/mol. The fourth-order valence-corrected chi connectivity index (χ4v) is 2.16. The first kappa shape index (κ1) is 14.0. The Morgan fingerprint density at radius 2 is 2.24 bits per heavy atom. The monoisotopic (exact) mass is 256 g/mol. The van der Waals surface area contributed by atoms with Crippen molar-refractivity contribution >= 4 is 22.3 Å². The van der Waals surface area contributed by atoms with Crippen LogP contribution in [0.4, 0.5) is 5.00 Å². The Hall–Kier alpha value is -1.10. The third kappa shape index (κ3) is 3.70. The summed E-state index contributed by atoms with van der Waals surface area (Å²) < 4.78 is 4.96. The van der Waals surface area contributed by atoms with Crippen LogP contribution in [0.3, 0.4) is 0 Å². The molecule has 0 aromatic carbocycles. The number of aromatic nitrogens is 1. The molecule has 0 aliphatic rings. The largest absolute Gasteiger partial charge is 0.461 e. The Balaban J connectivity index is 2.72. The van der Waals surface area contributed by atoms with Gasteiger partial charge >= 0.3 is 5.97 Å². The normalized spacial score (nSPS) is 14.1. The lowest BCUT2D eigenvalue weighted by atomic mass is 10.0. The summed E-state index contributed by atoms with van der Waals surface area (Å²) in [4.78, 5) is 15.7. The molecule has 0 aliphatic carbocycles. The highest BCUT2D eigenvalue weighted by molar-refractivity contribution is 7.14. The number of rotatable bonds is 6. The summed E-state index contributed by atoms with van der Waals surface area (Å²) in [5.74, 6) is 0.194. The van der Waals surface area contributed by atoms with E-state index in [1.165, 1.54) is 11.3 Å². The van der Waals surface area contributed by atoms with Crippen molar-refractivity contribution in [1.82, 2.24) is 4.98 Å². The van der Waals surface area contributed by atoms with Crippen LogP contribution >= 0.6 is 11.3 Å². The first-order chi connectivity index (χ1) is 8.10. The number of hydrogen-bond acceptors (Lipinski definition) is 5. The quantitative estimate of drug-likeness (QED) is 0.794. The topological polar surface area (TPSA) is 51.2 Å². The zero-order valence-electron chi connectivity index (χ0n) is 10.8. The van der Waals surface area contributed by atoms with Crippen LogP contribution in [0.15, 0.2) is 5.51 Å². The number of nitrogens with zero attached hydrogens (tertiary/aromatic N) is 1. The summed E-state index contributed by atoms with van der Waals surface area (Å²) >= 11 is 1.44. The lowest BCUT2D eigenvalue weighted by molar-refractivity contribution is 0.0521. The van der Waals surface area contributed by atoms with Gasteiger partial charge in [0.25, 0.3) is 0 Å². The van der Waals surface area contributed by atoms with E-state index in [1.54, 1.807) is 12.4 Å². The highest BCUT2D eigenvalue weighted by Crippen LogP contribution is 2.24. The van der Waals surface area contributed by atoms with Crippen LogP contribution in [0.2, 0.25) is 0 Å². The second-order valence-electron chi connectivity index (χ2n) is 4.07. The van der Waals surface area contributed by atoms with E-state index in [0.29, 0.717) is 24.3 Å². The van der Waals surface area contributed by atoms with Gasteiger partial charge in [0.1, 0.15) is 5.00 Å². The van der Waals surface area contributed by atoms with E-state index in [9.17, 15) is 4.79 Å². The van der Waals surface area contributed by atoms with Gasteiger partial charge in [0, 0.05) is 6.04 Å². The minimum absolute atomic E-state index is 0.314. The average Bonchev–Trinajstić information content (AvgIpc) is 2.76. The Labute approximate surface area is 106 Å². The Kier molecular flexibility index (Phi) is 5.41. The van der Waals surface area contributed by atoms with Crippen molar-refractivity contribution in [1.29, 1.82) is 0 Å². The van der Waals surface area contributed by atoms with E-state index in [2.05, 4.69) is 31.1 Å². The van der Waals surface area contributed by atoms with Gasteiger partial charge < -0.3 is 10.1 Å². The van der Waals surface area contributed by atoms with Crippen molar-refractivity contribution in [3.05, 3.63) is 11.2 Å². The molecule has 2 atom stereocenters. The first-order valence-electron chi connectivity index (χ1n) is 5.97. The molecular formula is C12H20N2O2S. The molecule has 0 amide bonds. The third-order valence-corrected chi connectivity index (χ3v) is 3.65. The Morgan fingerprint density at radius 3 is 2.82 bits per heavy atom. The van der Waals surface area contributed by atoms with Gasteiger partial charge in [-0.1, -0.05) is 20.3 Å². The molecule has 5 heteroatoms. The molecule has 1 N–H and O–H groups in total. The zero-order chi connectivity index (χ0) is 12.8. The van der Waals surface area contributed by atoms with E-state index in [1.807, 2.05) is 0 Å². The number of nitrogens with one attached hydrogen (secondary N) is 1. The van der Waals surface area contributed by atoms with Crippen LogP contribution in [-0.2, 0) is 4.74 Å². The predicted octanol–water partition coefficient (Wildman–Crippen LogP) is 3.17. The van der Waals surface area contributed by atoms with Crippen LogP contribution in [-0.4, -0.2) is 23.6 Å². The summed E-state index contributed by atoms with van der Waals surface area (Å²) in [5, 5.41) is 4.14. The van der Waals surface area contributed by atoms with Crippen molar-refractivity contribution in [3.63, 3.8) is 0 Å². The third-order valence-electron chi connectivity index (χ3n) is 2.89. The number of carbonyl (C=O) groups is 1. The summed E-state index contributed by atoms with van der Waals surface area (Å²) in [6, 6.07) is 0.314. The lowest BCUT2D eigenvalue weighted by Gasteiger charge is -2.20. The average molecular weight is 256 g/mol. The smallest absolute Gasteiger partial charge is 0.360 e. The maximum Gasteiger partial charge on any atom is 0.360 e. The molecule has 1 rings (SSSR count). The Bertz CT molecular complexity index is 365. The summed E-state index contributed by atoms with van der Waals surface area (Å²) in [6.45, 7) is 8.61. The number of hydrogen-bond donors (Lipinski definition) is 1. The molecule has 17 heavy (non-hydrogen) atoms. The fraction of sp³-hybridized carbons (Fsp3) is 0.667. The maximum atomic E-state index is 11.6. The molecule has 96 valence electrons. The molecule has 0 bridgehead atoms. The van der Waals surface area contributed by atoms with Gasteiger partial charge in [-0.15, -0.1) is 11.3 Å². The minimum atomic E-state index is -0.354. The molecule has 1 aromatic rings. The van der Waals surface area contributed by atoms with E-state index in [-0.39, 0.29) is 5.97 Å². The second kappa shape index (κ2) is 6.59. The molecule has 0 fully saturated rings. The van der Waals surface area contributed by atoms with Crippen molar-refractivity contribution in [2.45, 2.75) is 40.2 Å². The van der Waals surface area contributed by atoms with E-state index in [4.69, 9.17) is 4.74 Å². The van der Waals surface area contributed by atoms with Gasteiger partial charge in [-0.25, -0.2) is 9.78 Å². The highest BCUT2D eigenvalue weighted by Gasteiger charge is 2.19. The number of anilines is 1. The summed E-state index contributed by atoms with van der Waals surface area (Å²) in [7, 11) is 0. The molecule has 0 radical (unpaired) electrons. The van der Waals surface area contributed by atoms with Gasteiger partial charge in [0.15, 0.2) is 5.69 Å². The van der Waals surface area contributed by atoms with E-state index >= 15 is 0 Å². The van der Waals surface area contributed by atoms with Gasteiger partial charge in [0.05, 0.1) is 12.1 Å². The minimum Gasteiger partial charge on any atom is -0.461 e. The Morgan fingerprint density at radius 1 is 1.53 bits per heavy atom. The fourth-order valence-electron chi connectivity index (χ4n) is 1.40. The van der Waals surface area contributed by atoms with Crippen LogP contribution in [0.1, 0.15) is 44.6 Å². The van der Waals surface area contributed by atoms with Crippen molar-refractivity contribution in [2.75, 3.05) is 11.9 Å². The van der Waals surface area contributed by atoms with Crippen LogP contribution in [0.5, 0.6) is 0 Å². The van der Waals surface area contributed by atoms with Gasteiger partial charge in [-0.3, -0.25) is 0 Å². The number of ether oxygens (including phenoxy) is 1. The van der Waals surface area contributed by atoms with E-state index < -0.39 is 0 Å². The lowest BCUT2D eigenvalue weighted by Crippen LogP contribution is -2.24. The molecule has 0 saturated carbocycles. The van der Waals surface area contributed by atoms with Crippen LogP contribution in [0, 0.1) is 5.92 Å². The number of esters is 1. The molecule has 1 aromatic heterocycles. The van der Waals surface area contributed by atoms with Crippen molar-refractivity contribution in [2.24, 2.45) is 5.92 Å². The SMILES string of the molecule is CCOC(=O)c1ncsc1NC(C)C(C)CC. The van der Waals surface area contributed by atoms with Gasteiger partial charge in [0.2, 0.25) is 0 Å². The highest BCUT2D eigenvalue weighted by atomic mass is 32.1. The van der Waals surface area contributed by atoms with Crippen LogP contribution in [0.25, 0.3) is 0 Å². The molecule has 1 heterocycles. The van der Waals surface area contributed by atoms with Gasteiger partial charge in [-0.2, -0.15) is 0 Å². The van der Waals surface area contributed by atoms with Crippen molar-refractivity contribution < 1.29 is 9.53 Å². The molecule has 4 nitrogen and oxygen atoms in total. The molecule has 0 spiro atoms. The standard InChI is InChI=1S/C12H20N2O2S/c1-5-8(3)9(4)14-11-10(13-7-17-11)12(15)16-6-2/h7-9,14H,5-6H2,1-4H3. The first-order valence-corrected chi connectivity index (χ1v) is 6.85. The van der Waals surface area contributed by atoms with Crippen LogP contribution < -0.4 is 5.32 Å².